The molecule has 0 unspecified atom stereocenters. The Kier molecular flexibility index (Phi) is 8.06. The Hall–Kier alpha value is -1.44. The van der Waals surface area contributed by atoms with Crippen molar-refractivity contribution >= 4 is 38.4 Å². The van der Waals surface area contributed by atoms with E-state index < -0.39 is 0 Å². The lowest BCUT2D eigenvalue weighted by Crippen LogP contribution is -2.25. The minimum Gasteiger partial charge on any atom is -0.505 e. The first-order valence-corrected chi connectivity index (χ1v) is 11.2. The molecule has 7 heteroatoms. The van der Waals surface area contributed by atoms with E-state index in [0.717, 1.165) is 41.0 Å². The van der Waals surface area contributed by atoms with Gasteiger partial charge in [0.1, 0.15) is 17.0 Å². The summed E-state index contributed by atoms with van der Waals surface area (Å²) in [6.07, 6.45) is 0.919. The number of phenols is 1. The topological polar surface area (TPSA) is 65.5 Å². The molecule has 5 nitrogen and oxygen atoms in total. The summed E-state index contributed by atoms with van der Waals surface area (Å²) < 4.78 is 0. The third-order valence-corrected chi connectivity index (χ3v) is 6.45. The largest absolute Gasteiger partial charge is 0.505 e. The van der Waals surface area contributed by atoms with Gasteiger partial charge in [-0.2, -0.15) is 0 Å². The molecule has 2 rings (SSSR count). The molecule has 1 aromatic heterocycles. The number of carbonyl (C=O) groups is 1. The van der Waals surface area contributed by atoms with Gasteiger partial charge in [0.05, 0.1) is 0 Å². The van der Waals surface area contributed by atoms with Gasteiger partial charge in [0, 0.05) is 30.0 Å². The molecule has 0 aliphatic rings. The molecule has 1 heterocycles. The van der Waals surface area contributed by atoms with Gasteiger partial charge < -0.3 is 15.3 Å². The van der Waals surface area contributed by atoms with Crippen molar-refractivity contribution in [3.63, 3.8) is 0 Å². The van der Waals surface area contributed by atoms with Crippen molar-refractivity contribution in [1.82, 2.24) is 15.2 Å². The van der Waals surface area contributed by atoms with Crippen LogP contribution in [0.4, 0.5) is 0 Å². The first-order chi connectivity index (χ1) is 12.4. The van der Waals surface area contributed by atoms with Crippen LogP contribution in [-0.2, 0) is 0 Å². The molecule has 0 bridgehead atoms. The first kappa shape index (κ1) is 20.9. The standard InChI is InChI=1S/C19H27N3O2S2/c1-13-12-14(2)18(23)17-15(13)6-7-16(21-17)19(24)20-8-5-10-25-26-11-9-22(3)4/h6-7,12,23H,5,8-11H2,1-4H3,(H,20,24). The number of aryl methyl sites for hydroxylation is 2. The summed E-state index contributed by atoms with van der Waals surface area (Å²) in [5, 5.41) is 14.0. The Morgan fingerprint density at radius 2 is 1.92 bits per heavy atom. The fourth-order valence-corrected chi connectivity index (χ4v) is 4.73. The molecule has 1 aromatic carbocycles. The van der Waals surface area contributed by atoms with Crippen LogP contribution in [0, 0.1) is 13.8 Å². The van der Waals surface area contributed by atoms with E-state index >= 15 is 0 Å². The number of rotatable bonds is 9. The number of nitrogens with one attached hydrogen (secondary N) is 1. The van der Waals surface area contributed by atoms with Crippen molar-refractivity contribution in [2.45, 2.75) is 20.3 Å². The van der Waals surface area contributed by atoms with E-state index in [-0.39, 0.29) is 11.7 Å². The smallest absolute Gasteiger partial charge is 0.269 e. The number of fused-ring (bicyclic) bond motifs is 1. The molecule has 0 fully saturated rings. The zero-order chi connectivity index (χ0) is 19.1. The van der Waals surface area contributed by atoms with E-state index in [1.54, 1.807) is 6.07 Å². The summed E-state index contributed by atoms with van der Waals surface area (Å²) >= 11 is 0. The molecular formula is C19H27N3O2S2. The molecule has 0 atom stereocenters. The van der Waals surface area contributed by atoms with Crippen molar-refractivity contribution in [3.8, 4) is 5.75 Å². The van der Waals surface area contributed by atoms with Crippen molar-refractivity contribution in [1.29, 1.82) is 0 Å². The predicted octanol–water partition coefficient (Wildman–Crippen LogP) is 3.62. The molecule has 0 aliphatic carbocycles. The Morgan fingerprint density at radius 1 is 1.19 bits per heavy atom. The summed E-state index contributed by atoms with van der Waals surface area (Å²) in [5.41, 5.74) is 2.64. The quantitative estimate of drug-likeness (QED) is 0.501. The summed E-state index contributed by atoms with van der Waals surface area (Å²) in [7, 11) is 7.85. The monoisotopic (exact) mass is 393 g/mol. The molecule has 1 amide bonds. The number of aromatic hydroxyl groups is 1. The number of carbonyl (C=O) groups excluding carboxylic acids is 1. The number of aromatic nitrogens is 1. The number of hydrogen-bond acceptors (Lipinski definition) is 6. The van der Waals surface area contributed by atoms with Gasteiger partial charge in [-0.3, -0.25) is 4.79 Å². The Morgan fingerprint density at radius 3 is 2.65 bits per heavy atom. The van der Waals surface area contributed by atoms with E-state index in [4.69, 9.17) is 0 Å². The van der Waals surface area contributed by atoms with Gasteiger partial charge in [0.15, 0.2) is 0 Å². The highest BCUT2D eigenvalue weighted by Crippen LogP contribution is 2.29. The van der Waals surface area contributed by atoms with Crippen LogP contribution in [0.25, 0.3) is 10.9 Å². The number of phenolic OH excluding ortho intramolecular Hbond substituents is 1. The van der Waals surface area contributed by atoms with Gasteiger partial charge in [0.2, 0.25) is 0 Å². The van der Waals surface area contributed by atoms with Crippen molar-refractivity contribution < 1.29 is 9.90 Å². The number of amides is 1. The van der Waals surface area contributed by atoms with E-state index in [2.05, 4.69) is 29.3 Å². The number of nitrogens with zero attached hydrogens (tertiary/aromatic N) is 2. The lowest BCUT2D eigenvalue weighted by molar-refractivity contribution is 0.0949. The van der Waals surface area contributed by atoms with Crippen LogP contribution in [0.5, 0.6) is 5.75 Å². The highest BCUT2D eigenvalue weighted by Gasteiger charge is 2.12. The fraction of sp³-hybridized carbons (Fsp3) is 0.474. The maximum Gasteiger partial charge on any atom is 0.269 e. The van der Waals surface area contributed by atoms with Crippen LogP contribution >= 0.6 is 21.6 Å². The van der Waals surface area contributed by atoms with Gasteiger partial charge in [-0.05, 0) is 51.6 Å². The minimum absolute atomic E-state index is 0.145. The Balaban J connectivity index is 1.83. The second-order valence-electron chi connectivity index (χ2n) is 6.51. The zero-order valence-corrected chi connectivity index (χ0v) is 17.5. The molecule has 0 aliphatic heterocycles. The summed E-state index contributed by atoms with van der Waals surface area (Å²) in [4.78, 5) is 18.9. The third-order valence-electron chi connectivity index (χ3n) is 3.98. The zero-order valence-electron chi connectivity index (χ0n) is 15.8. The maximum absolute atomic E-state index is 12.3. The SMILES string of the molecule is Cc1cc(C)c2ccc(C(=O)NCCCSSCCN(C)C)nc2c1O. The van der Waals surface area contributed by atoms with Gasteiger partial charge >= 0.3 is 0 Å². The number of benzene rings is 1. The van der Waals surface area contributed by atoms with Gasteiger partial charge in [-0.1, -0.05) is 33.7 Å². The molecular weight excluding hydrogens is 366 g/mol. The normalized spacial score (nSPS) is 11.3. The summed E-state index contributed by atoms with van der Waals surface area (Å²) in [6, 6.07) is 5.49. The van der Waals surface area contributed by atoms with E-state index in [0.29, 0.717) is 17.8 Å². The molecule has 0 radical (unpaired) electrons. The molecule has 0 saturated heterocycles. The van der Waals surface area contributed by atoms with Crippen molar-refractivity contribution in [2.24, 2.45) is 0 Å². The van der Waals surface area contributed by atoms with Crippen LogP contribution in [0.15, 0.2) is 18.2 Å². The van der Waals surface area contributed by atoms with E-state index in [9.17, 15) is 9.90 Å². The fourth-order valence-electron chi connectivity index (χ4n) is 2.50. The first-order valence-electron chi connectivity index (χ1n) is 8.67. The second kappa shape index (κ2) is 10.0. The highest BCUT2D eigenvalue weighted by molar-refractivity contribution is 8.76. The Labute approximate surface area is 163 Å². The lowest BCUT2D eigenvalue weighted by atomic mass is 10.0. The highest BCUT2D eigenvalue weighted by atomic mass is 33.1. The molecule has 26 heavy (non-hydrogen) atoms. The lowest BCUT2D eigenvalue weighted by Gasteiger charge is -2.10. The number of pyridine rings is 1. The summed E-state index contributed by atoms with van der Waals surface area (Å²) in [6.45, 7) is 5.52. The molecule has 142 valence electrons. The second-order valence-corrected chi connectivity index (χ2v) is 9.21. The van der Waals surface area contributed by atoms with Gasteiger partial charge in [-0.25, -0.2) is 4.98 Å². The van der Waals surface area contributed by atoms with Gasteiger partial charge in [-0.15, -0.1) is 0 Å². The maximum atomic E-state index is 12.3. The van der Waals surface area contributed by atoms with Crippen LogP contribution in [0.2, 0.25) is 0 Å². The minimum atomic E-state index is -0.198. The van der Waals surface area contributed by atoms with Crippen LogP contribution < -0.4 is 5.32 Å². The van der Waals surface area contributed by atoms with Crippen LogP contribution in [0.3, 0.4) is 0 Å². The van der Waals surface area contributed by atoms with Crippen LogP contribution in [0.1, 0.15) is 28.0 Å². The predicted molar refractivity (Wildman–Crippen MR) is 113 cm³/mol. The average molecular weight is 394 g/mol. The van der Waals surface area contributed by atoms with E-state index in [1.807, 2.05) is 47.6 Å². The third kappa shape index (κ3) is 5.79. The van der Waals surface area contributed by atoms with Crippen LogP contribution in [-0.4, -0.2) is 59.6 Å². The molecule has 2 aromatic rings. The molecule has 0 spiro atoms. The number of hydrogen-bond donors (Lipinski definition) is 2. The molecule has 2 N–H and O–H groups in total. The van der Waals surface area contributed by atoms with Gasteiger partial charge in [0.25, 0.3) is 5.91 Å². The van der Waals surface area contributed by atoms with Crippen molar-refractivity contribution in [2.75, 3.05) is 38.7 Å². The van der Waals surface area contributed by atoms with E-state index in [1.165, 1.54) is 0 Å². The Bertz CT molecular complexity index is 766. The van der Waals surface area contributed by atoms with Crippen molar-refractivity contribution in [3.05, 3.63) is 35.0 Å². The molecule has 0 saturated carbocycles. The average Bonchev–Trinajstić information content (AvgIpc) is 2.61. The summed E-state index contributed by atoms with van der Waals surface area (Å²) in [5.74, 6) is 2.05.